The van der Waals surface area contributed by atoms with Gasteiger partial charge in [-0.15, -0.1) is 11.3 Å². The van der Waals surface area contributed by atoms with Crippen LogP contribution in [0.15, 0.2) is 34.3 Å². The molecule has 0 amide bonds. The highest BCUT2D eigenvalue weighted by Gasteiger charge is 2.21. The van der Waals surface area contributed by atoms with Gasteiger partial charge < -0.3 is 0 Å². The lowest BCUT2D eigenvalue weighted by atomic mass is 10.1. The Kier molecular flexibility index (Phi) is 5.30. The molecule has 0 unspecified atom stereocenters. The number of rotatable bonds is 5. The number of hydrogen-bond donors (Lipinski definition) is 0. The van der Waals surface area contributed by atoms with E-state index in [-0.39, 0.29) is 5.56 Å². The van der Waals surface area contributed by atoms with Gasteiger partial charge in [-0.05, 0) is 45.1 Å². The third-order valence-electron chi connectivity index (χ3n) is 4.17. The quantitative estimate of drug-likeness (QED) is 0.327. The van der Waals surface area contributed by atoms with E-state index in [0.717, 1.165) is 45.1 Å². The highest BCUT2D eigenvalue weighted by atomic mass is 32.2. The van der Waals surface area contributed by atoms with E-state index in [4.69, 9.17) is 4.98 Å². The Morgan fingerprint density at radius 2 is 1.96 bits per heavy atom. The van der Waals surface area contributed by atoms with Crippen LogP contribution in [-0.2, 0) is 19.4 Å². The Labute approximate surface area is 151 Å². The molecule has 24 heavy (non-hydrogen) atoms. The van der Waals surface area contributed by atoms with Gasteiger partial charge >= 0.3 is 0 Å². The standard InChI is InChI=1S/C19H24N2OS2/c1-12(2)10-21-18(22)16-14-8-6-5-7-9-15(14)24-17(16)20-19(21)23-11-13(3)4/h1,3,5-11H2,2,4H3. The molecule has 0 saturated carbocycles. The molecule has 0 spiro atoms. The van der Waals surface area contributed by atoms with Gasteiger partial charge in [0.1, 0.15) is 4.83 Å². The number of thiophene rings is 1. The van der Waals surface area contributed by atoms with E-state index in [1.165, 1.54) is 29.7 Å². The topological polar surface area (TPSA) is 34.9 Å². The average molecular weight is 361 g/mol. The summed E-state index contributed by atoms with van der Waals surface area (Å²) in [4.78, 5) is 20.4. The van der Waals surface area contributed by atoms with Gasteiger partial charge in [-0.3, -0.25) is 9.36 Å². The number of thioether (sulfide) groups is 1. The summed E-state index contributed by atoms with van der Waals surface area (Å²) in [6.07, 6.45) is 5.74. The fourth-order valence-electron chi connectivity index (χ4n) is 3.10. The maximum absolute atomic E-state index is 13.2. The highest BCUT2D eigenvalue weighted by molar-refractivity contribution is 7.99. The lowest BCUT2D eigenvalue weighted by Gasteiger charge is -2.12. The minimum Gasteiger partial charge on any atom is -0.283 e. The van der Waals surface area contributed by atoms with Crippen molar-refractivity contribution in [2.24, 2.45) is 0 Å². The molecule has 2 heterocycles. The molecule has 1 aliphatic carbocycles. The Morgan fingerprint density at radius 1 is 1.21 bits per heavy atom. The van der Waals surface area contributed by atoms with Gasteiger partial charge in [0.15, 0.2) is 5.16 Å². The van der Waals surface area contributed by atoms with Crippen LogP contribution in [-0.4, -0.2) is 15.3 Å². The molecule has 3 nitrogen and oxygen atoms in total. The third-order valence-corrected chi connectivity index (χ3v) is 6.56. The Morgan fingerprint density at radius 3 is 2.67 bits per heavy atom. The van der Waals surface area contributed by atoms with Crippen molar-refractivity contribution in [3.8, 4) is 0 Å². The van der Waals surface area contributed by atoms with Crippen LogP contribution >= 0.6 is 23.1 Å². The first kappa shape index (κ1) is 17.5. The summed E-state index contributed by atoms with van der Waals surface area (Å²) in [6.45, 7) is 12.4. The number of allylic oxidation sites excluding steroid dienone is 1. The van der Waals surface area contributed by atoms with Crippen LogP contribution in [0, 0.1) is 0 Å². The van der Waals surface area contributed by atoms with Crippen molar-refractivity contribution in [2.45, 2.75) is 57.7 Å². The Bertz CT molecular complexity index is 860. The van der Waals surface area contributed by atoms with Gasteiger partial charge in [0.2, 0.25) is 0 Å². The van der Waals surface area contributed by atoms with Gasteiger partial charge in [0.25, 0.3) is 5.56 Å². The zero-order chi connectivity index (χ0) is 17.3. The van der Waals surface area contributed by atoms with Crippen molar-refractivity contribution >= 4 is 33.3 Å². The predicted octanol–water partition coefficient (Wildman–Crippen LogP) is 4.97. The van der Waals surface area contributed by atoms with Gasteiger partial charge in [0, 0.05) is 17.2 Å². The number of aromatic nitrogens is 2. The van der Waals surface area contributed by atoms with Crippen LogP contribution in [0.1, 0.15) is 43.6 Å². The van der Waals surface area contributed by atoms with Gasteiger partial charge in [-0.2, -0.15) is 0 Å². The molecule has 128 valence electrons. The van der Waals surface area contributed by atoms with Crippen LogP contribution in [0.4, 0.5) is 0 Å². The van der Waals surface area contributed by atoms with E-state index in [2.05, 4.69) is 13.2 Å². The molecular formula is C19H24N2OS2. The van der Waals surface area contributed by atoms with E-state index < -0.39 is 0 Å². The van der Waals surface area contributed by atoms with Crippen LogP contribution in [0.2, 0.25) is 0 Å². The van der Waals surface area contributed by atoms with Gasteiger partial charge in [-0.1, -0.05) is 42.5 Å². The monoisotopic (exact) mass is 360 g/mol. The fraction of sp³-hybridized carbons (Fsp3) is 0.474. The fourth-order valence-corrected chi connectivity index (χ4v) is 5.25. The summed E-state index contributed by atoms with van der Waals surface area (Å²) in [5.41, 5.74) is 3.42. The zero-order valence-electron chi connectivity index (χ0n) is 14.5. The molecule has 0 N–H and O–H groups in total. The molecule has 3 rings (SSSR count). The maximum Gasteiger partial charge on any atom is 0.263 e. The first-order chi connectivity index (χ1) is 11.5. The number of fused-ring (bicyclic) bond motifs is 3. The Balaban J connectivity index is 2.18. The normalized spacial score (nSPS) is 14.4. The van der Waals surface area contributed by atoms with Crippen molar-refractivity contribution in [3.63, 3.8) is 0 Å². The minimum absolute atomic E-state index is 0.103. The molecular weight excluding hydrogens is 336 g/mol. The third kappa shape index (κ3) is 3.52. The molecule has 0 atom stereocenters. The first-order valence-electron chi connectivity index (χ1n) is 8.44. The second kappa shape index (κ2) is 7.28. The molecule has 0 saturated heterocycles. The second-order valence-corrected chi connectivity index (χ2v) is 8.76. The van der Waals surface area contributed by atoms with E-state index in [0.29, 0.717) is 6.54 Å². The lowest BCUT2D eigenvalue weighted by molar-refractivity contribution is 0.651. The minimum atomic E-state index is 0.103. The molecule has 0 aliphatic heterocycles. The number of aryl methyl sites for hydroxylation is 2. The summed E-state index contributed by atoms with van der Waals surface area (Å²) in [5, 5.41) is 1.65. The lowest BCUT2D eigenvalue weighted by Crippen LogP contribution is -2.24. The molecule has 0 bridgehead atoms. The summed E-state index contributed by atoms with van der Waals surface area (Å²) in [6, 6.07) is 0. The van der Waals surface area contributed by atoms with Gasteiger partial charge in [-0.25, -0.2) is 4.98 Å². The van der Waals surface area contributed by atoms with E-state index in [1.807, 2.05) is 13.8 Å². The van der Waals surface area contributed by atoms with E-state index >= 15 is 0 Å². The van der Waals surface area contributed by atoms with Crippen LogP contribution < -0.4 is 5.56 Å². The number of hydrogen-bond acceptors (Lipinski definition) is 4. The van der Waals surface area contributed by atoms with Crippen LogP contribution in [0.3, 0.4) is 0 Å². The molecule has 0 aromatic carbocycles. The van der Waals surface area contributed by atoms with E-state index in [1.54, 1.807) is 27.7 Å². The van der Waals surface area contributed by atoms with Crippen LogP contribution in [0.25, 0.3) is 10.2 Å². The zero-order valence-corrected chi connectivity index (χ0v) is 16.1. The van der Waals surface area contributed by atoms with E-state index in [9.17, 15) is 4.79 Å². The number of nitrogens with zero attached hydrogens (tertiary/aromatic N) is 2. The molecule has 0 fully saturated rings. The van der Waals surface area contributed by atoms with Crippen molar-refractivity contribution in [2.75, 3.05) is 5.75 Å². The SMILES string of the molecule is C=C(C)CSc1nc2sc3c(c2c(=O)n1CC(=C)C)CCCCC3. The van der Waals surface area contributed by atoms with Gasteiger partial charge in [0.05, 0.1) is 5.39 Å². The van der Waals surface area contributed by atoms with Crippen molar-refractivity contribution in [3.05, 3.63) is 45.1 Å². The summed E-state index contributed by atoms with van der Waals surface area (Å²) < 4.78 is 1.80. The largest absolute Gasteiger partial charge is 0.283 e. The smallest absolute Gasteiger partial charge is 0.263 e. The van der Waals surface area contributed by atoms with Crippen molar-refractivity contribution < 1.29 is 0 Å². The highest BCUT2D eigenvalue weighted by Crippen LogP contribution is 2.34. The maximum atomic E-state index is 13.2. The molecule has 2 aromatic rings. The summed E-state index contributed by atoms with van der Waals surface area (Å²) >= 11 is 3.31. The second-order valence-electron chi connectivity index (χ2n) is 6.73. The molecule has 2 aromatic heterocycles. The molecule has 5 heteroatoms. The van der Waals surface area contributed by atoms with Crippen LogP contribution in [0.5, 0.6) is 0 Å². The average Bonchev–Trinajstić information content (AvgIpc) is 2.69. The predicted molar refractivity (Wildman–Crippen MR) is 105 cm³/mol. The Hall–Kier alpha value is -1.33. The summed E-state index contributed by atoms with van der Waals surface area (Å²) in [7, 11) is 0. The van der Waals surface area contributed by atoms with Crippen molar-refractivity contribution in [1.82, 2.24) is 9.55 Å². The summed E-state index contributed by atoms with van der Waals surface area (Å²) in [5.74, 6) is 0.777. The van der Waals surface area contributed by atoms with Crippen molar-refractivity contribution in [1.29, 1.82) is 0 Å². The first-order valence-corrected chi connectivity index (χ1v) is 10.2. The molecule has 1 aliphatic rings. The molecule has 0 radical (unpaired) electrons.